The largest absolute Gasteiger partial charge is 0.495 e. The smallest absolute Gasteiger partial charge is 0.243 e. The number of ether oxygens (including phenoxy) is 1. The number of rotatable bonds is 7. The van der Waals surface area contributed by atoms with Crippen LogP contribution < -0.4 is 10.1 Å². The Morgan fingerprint density at radius 1 is 1.33 bits per heavy atom. The lowest BCUT2D eigenvalue weighted by molar-refractivity contribution is -0.116. The van der Waals surface area contributed by atoms with Crippen molar-refractivity contribution in [3.63, 3.8) is 0 Å². The highest BCUT2D eigenvalue weighted by Crippen LogP contribution is 2.30. The molecule has 1 saturated heterocycles. The molecule has 1 N–H and O–H groups in total. The van der Waals surface area contributed by atoms with Crippen LogP contribution in [0.25, 0.3) is 0 Å². The molecule has 0 unspecified atom stereocenters. The Bertz CT molecular complexity index is 695. The molecule has 132 valence electrons. The fourth-order valence-electron chi connectivity index (χ4n) is 2.65. The number of anilines is 1. The minimum absolute atomic E-state index is 0.171. The first-order valence-corrected chi connectivity index (χ1v) is 9.52. The molecule has 2 rings (SSSR count). The minimum Gasteiger partial charge on any atom is -0.495 e. The molecule has 7 heteroatoms. The highest BCUT2D eigenvalue weighted by Gasteiger charge is 2.26. The molecule has 6 nitrogen and oxygen atoms in total. The van der Waals surface area contributed by atoms with Crippen LogP contribution in [0.15, 0.2) is 35.7 Å². The predicted octanol–water partition coefficient (Wildman–Crippen LogP) is 2.77. The van der Waals surface area contributed by atoms with Gasteiger partial charge in [-0.25, -0.2) is 8.42 Å². The molecule has 0 radical (unpaired) electrons. The summed E-state index contributed by atoms with van der Waals surface area (Å²) in [6, 6.07) is 4.55. The number of carbonyl (C=O) groups is 1. The van der Waals surface area contributed by atoms with Gasteiger partial charge in [-0.15, -0.1) is 6.58 Å². The lowest BCUT2D eigenvalue weighted by Crippen LogP contribution is -2.35. The van der Waals surface area contributed by atoms with Crippen molar-refractivity contribution in [1.82, 2.24) is 4.31 Å². The van der Waals surface area contributed by atoms with Crippen LogP contribution in [0.2, 0.25) is 0 Å². The Balaban J connectivity index is 2.26. The van der Waals surface area contributed by atoms with Crippen LogP contribution >= 0.6 is 0 Å². The van der Waals surface area contributed by atoms with Gasteiger partial charge in [-0.3, -0.25) is 4.79 Å². The third-order valence-electron chi connectivity index (χ3n) is 3.97. The summed E-state index contributed by atoms with van der Waals surface area (Å²) in [5.74, 6) is 0.222. The van der Waals surface area contributed by atoms with Gasteiger partial charge in [0.15, 0.2) is 0 Å². The second-order valence-corrected chi connectivity index (χ2v) is 7.64. The van der Waals surface area contributed by atoms with Gasteiger partial charge in [0.05, 0.1) is 17.7 Å². The van der Waals surface area contributed by atoms with E-state index in [1.807, 2.05) is 0 Å². The Kier molecular flexibility index (Phi) is 6.39. The summed E-state index contributed by atoms with van der Waals surface area (Å²) in [7, 11) is -2.07. The monoisotopic (exact) mass is 352 g/mol. The molecule has 0 aromatic heterocycles. The number of allylic oxidation sites excluding steroid dienone is 1. The zero-order valence-electron chi connectivity index (χ0n) is 14.0. The van der Waals surface area contributed by atoms with Gasteiger partial charge >= 0.3 is 0 Å². The zero-order chi connectivity index (χ0) is 17.6. The molecule has 1 aliphatic heterocycles. The van der Waals surface area contributed by atoms with Crippen molar-refractivity contribution in [2.45, 2.75) is 37.0 Å². The molecule has 0 spiro atoms. The van der Waals surface area contributed by atoms with E-state index in [1.54, 1.807) is 12.1 Å². The molecule has 0 atom stereocenters. The summed E-state index contributed by atoms with van der Waals surface area (Å²) in [6.07, 6.45) is 5.31. The van der Waals surface area contributed by atoms with Crippen molar-refractivity contribution in [2.24, 2.45) is 0 Å². The first-order chi connectivity index (χ1) is 11.5. The van der Waals surface area contributed by atoms with Crippen molar-refractivity contribution >= 4 is 21.6 Å². The fraction of sp³-hybridized carbons (Fsp3) is 0.471. The van der Waals surface area contributed by atoms with Gasteiger partial charge in [-0.1, -0.05) is 12.5 Å². The first-order valence-electron chi connectivity index (χ1n) is 8.08. The summed E-state index contributed by atoms with van der Waals surface area (Å²) in [6.45, 7) is 4.66. The van der Waals surface area contributed by atoms with Crippen LogP contribution in [0.1, 0.15) is 32.1 Å². The third kappa shape index (κ3) is 4.36. The average Bonchev–Trinajstić information content (AvgIpc) is 2.60. The Labute approximate surface area is 143 Å². The van der Waals surface area contributed by atoms with E-state index in [2.05, 4.69) is 11.9 Å². The summed E-state index contributed by atoms with van der Waals surface area (Å²) < 4.78 is 32.2. The molecule has 1 aliphatic rings. The Morgan fingerprint density at radius 2 is 2.04 bits per heavy atom. The molecule has 1 amide bonds. The van der Waals surface area contributed by atoms with Crippen LogP contribution in [0.3, 0.4) is 0 Å². The van der Waals surface area contributed by atoms with Gasteiger partial charge < -0.3 is 10.1 Å². The lowest BCUT2D eigenvalue weighted by atomic mass is 10.2. The molecule has 1 fully saturated rings. The van der Waals surface area contributed by atoms with E-state index >= 15 is 0 Å². The van der Waals surface area contributed by atoms with E-state index in [-0.39, 0.29) is 17.2 Å². The maximum Gasteiger partial charge on any atom is 0.243 e. The van der Waals surface area contributed by atoms with Crippen molar-refractivity contribution in [1.29, 1.82) is 0 Å². The highest BCUT2D eigenvalue weighted by atomic mass is 32.2. The number of carbonyl (C=O) groups excluding carboxylic acids is 1. The first kappa shape index (κ1) is 18.5. The summed E-state index contributed by atoms with van der Waals surface area (Å²) >= 11 is 0. The quantitative estimate of drug-likeness (QED) is 0.766. The topological polar surface area (TPSA) is 75.7 Å². The number of methoxy groups -OCH3 is 1. The van der Waals surface area contributed by atoms with Crippen LogP contribution in [-0.2, 0) is 14.8 Å². The molecular formula is C17H24N2O4S. The maximum absolute atomic E-state index is 12.8. The third-order valence-corrected chi connectivity index (χ3v) is 5.87. The molecule has 0 aliphatic carbocycles. The molecule has 1 aromatic carbocycles. The second-order valence-electron chi connectivity index (χ2n) is 5.70. The minimum atomic E-state index is -3.55. The molecule has 1 heterocycles. The van der Waals surface area contributed by atoms with Gasteiger partial charge in [0.2, 0.25) is 15.9 Å². The fourth-order valence-corrected chi connectivity index (χ4v) is 4.19. The second kappa shape index (κ2) is 8.30. The number of nitrogens with one attached hydrogen (secondary N) is 1. The number of hydrogen-bond donors (Lipinski definition) is 1. The van der Waals surface area contributed by atoms with E-state index in [0.717, 1.165) is 19.3 Å². The van der Waals surface area contributed by atoms with Crippen LogP contribution in [0, 0.1) is 0 Å². The lowest BCUT2D eigenvalue weighted by Gasteiger charge is -2.26. The van der Waals surface area contributed by atoms with Gasteiger partial charge in [-0.05, 0) is 37.5 Å². The SMILES string of the molecule is C=CCCC(=O)Nc1cc(S(=O)(=O)N2CCCCC2)ccc1OC. The van der Waals surface area contributed by atoms with Gasteiger partial charge in [0.25, 0.3) is 0 Å². The van der Waals surface area contributed by atoms with Crippen LogP contribution in [0.4, 0.5) is 5.69 Å². The van der Waals surface area contributed by atoms with Gasteiger partial charge in [0, 0.05) is 19.5 Å². The summed E-state index contributed by atoms with van der Waals surface area (Å²) in [4.78, 5) is 12.1. The summed E-state index contributed by atoms with van der Waals surface area (Å²) in [5, 5.41) is 2.72. The van der Waals surface area contributed by atoms with Crippen LogP contribution in [-0.4, -0.2) is 38.8 Å². The molecule has 0 bridgehead atoms. The predicted molar refractivity (Wildman–Crippen MR) is 93.7 cm³/mol. The zero-order valence-corrected chi connectivity index (χ0v) is 14.8. The van der Waals surface area contributed by atoms with E-state index < -0.39 is 10.0 Å². The van der Waals surface area contributed by atoms with Crippen LogP contribution in [0.5, 0.6) is 5.75 Å². The standard InChI is InChI=1S/C17H24N2O4S/c1-3-4-8-17(20)18-15-13-14(9-10-16(15)23-2)24(21,22)19-11-6-5-7-12-19/h3,9-10,13H,1,4-8,11-12H2,2H3,(H,18,20). The number of benzene rings is 1. The Morgan fingerprint density at radius 3 is 2.67 bits per heavy atom. The van der Waals surface area contributed by atoms with Crippen molar-refractivity contribution in [2.75, 3.05) is 25.5 Å². The highest BCUT2D eigenvalue weighted by molar-refractivity contribution is 7.89. The Hall–Kier alpha value is -1.86. The summed E-state index contributed by atoms with van der Waals surface area (Å²) in [5.41, 5.74) is 0.365. The maximum atomic E-state index is 12.8. The number of hydrogen-bond acceptors (Lipinski definition) is 4. The number of sulfonamides is 1. The average molecular weight is 352 g/mol. The molecule has 24 heavy (non-hydrogen) atoms. The number of piperidine rings is 1. The van der Waals surface area contributed by atoms with E-state index in [4.69, 9.17) is 4.74 Å². The number of nitrogens with zero attached hydrogens (tertiary/aromatic N) is 1. The number of amides is 1. The molecular weight excluding hydrogens is 328 g/mol. The van der Waals surface area contributed by atoms with Crippen molar-refractivity contribution in [3.05, 3.63) is 30.9 Å². The molecule has 0 saturated carbocycles. The normalized spacial score (nSPS) is 15.7. The van der Waals surface area contributed by atoms with Gasteiger partial charge in [0.1, 0.15) is 5.75 Å². The van der Waals surface area contributed by atoms with E-state index in [1.165, 1.54) is 23.5 Å². The van der Waals surface area contributed by atoms with E-state index in [9.17, 15) is 13.2 Å². The molecule has 1 aromatic rings. The van der Waals surface area contributed by atoms with Gasteiger partial charge in [-0.2, -0.15) is 4.31 Å². The van der Waals surface area contributed by atoms with E-state index in [0.29, 0.717) is 30.9 Å². The van der Waals surface area contributed by atoms with Crippen molar-refractivity contribution in [3.8, 4) is 5.75 Å². The van der Waals surface area contributed by atoms with Crippen molar-refractivity contribution < 1.29 is 17.9 Å².